The second-order valence-electron chi connectivity index (χ2n) is 6.74. The minimum Gasteiger partial charge on any atom is -0.507 e. The Hall–Kier alpha value is -1.41. The van der Waals surface area contributed by atoms with Crippen molar-refractivity contribution in [3.05, 3.63) is 41.0 Å². The third-order valence-electron chi connectivity index (χ3n) is 4.17. The molecule has 0 spiro atoms. The van der Waals surface area contributed by atoms with Crippen LogP contribution in [-0.4, -0.2) is 16.6 Å². The van der Waals surface area contributed by atoms with Crippen molar-refractivity contribution in [1.29, 1.82) is 0 Å². The van der Waals surface area contributed by atoms with Gasteiger partial charge in [0.05, 0.1) is 5.56 Å². The van der Waals surface area contributed by atoms with Crippen LogP contribution in [-0.2, 0) is 6.42 Å². The first kappa shape index (κ1) is 17.9. The summed E-state index contributed by atoms with van der Waals surface area (Å²) in [5, 5.41) is 10.2. The van der Waals surface area contributed by atoms with Gasteiger partial charge in [-0.05, 0) is 82.7 Å². The zero-order chi connectivity index (χ0) is 16.9. The van der Waals surface area contributed by atoms with E-state index in [1.165, 1.54) is 5.57 Å². The smallest absolute Gasteiger partial charge is 0.131 e. The van der Waals surface area contributed by atoms with Crippen molar-refractivity contribution in [2.24, 2.45) is 0 Å². The van der Waals surface area contributed by atoms with E-state index in [1.807, 2.05) is 12.1 Å². The Morgan fingerprint density at radius 2 is 2.09 bits per heavy atom. The number of unbranched alkanes of at least 4 members (excludes halogenated alkanes) is 1. The van der Waals surface area contributed by atoms with Gasteiger partial charge in [-0.2, -0.15) is 0 Å². The molecule has 23 heavy (non-hydrogen) atoms. The van der Waals surface area contributed by atoms with Crippen LogP contribution in [0.2, 0.25) is 0 Å². The van der Waals surface area contributed by atoms with Crippen molar-refractivity contribution >= 4 is 17.7 Å². The second-order valence-corrected chi connectivity index (χ2v) is 7.12. The highest BCUT2D eigenvalue weighted by atomic mass is 35.5. The molecule has 1 aromatic carbocycles. The number of phenols is 1. The van der Waals surface area contributed by atoms with Gasteiger partial charge in [-0.3, -0.25) is 0 Å². The molecule has 2 nitrogen and oxygen atoms in total. The topological polar surface area (TPSA) is 29.5 Å². The maximum absolute atomic E-state index is 10.2. The third kappa shape index (κ3) is 5.04. The van der Waals surface area contributed by atoms with Crippen LogP contribution in [0.1, 0.15) is 57.6 Å². The molecule has 0 saturated carbocycles. The maximum Gasteiger partial charge on any atom is 0.131 e. The first-order valence-corrected chi connectivity index (χ1v) is 8.90. The molecule has 126 valence electrons. The van der Waals surface area contributed by atoms with Crippen molar-refractivity contribution < 1.29 is 9.84 Å². The van der Waals surface area contributed by atoms with E-state index >= 15 is 0 Å². The predicted octanol–water partition coefficient (Wildman–Crippen LogP) is 5.86. The summed E-state index contributed by atoms with van der Waals surface area (Å²) in [6.07, 6.45) is 11.1. The Balaban J connectivity index is 2.13. The van der Waals surface area contributed by atoms with E-state index in [2.05, 4.69) is 39.0 Å². The normalized spacial score (nSPS) is 19.1. The number of hydrogen-bond donors (Lipinski definition) is 1. The monoisotopic (exact) mass is 334 g/mol. The first-order valence-electron chi connectivity index (χ1n) is 8.37. The molecule has 1 aliphatic heterocycles. The molecule has 0 saturated heterocycles. The Morgan fingerprint density at radius 3 is 2.78 bits per heavy atom. The highest BCUT2D eigenvalue weighted by Gasteiger charge is 2.28. The summed E-state index contributed by atoms with van der Waals surface area (Å²) in [5.41, 5.74) is 2.90. The number of ether oxygens (including phenoxy) is 1. The fourth-order valence-electron chi connectivity index (χ4n) is 2.81. The van der Waals surface area contributed by atoms with E-state index < -0.39 is 0 Å². The van der Waals surface area contributed by atoms with Gasteiger partial charge in [0.15, 0.2) is 0 Å². The zero-order valence-corrected chi connectivity index (χ0v) is 15.1. The molecule has 1 unspecified atom stereocenters. The number of fused-ring (bicyclic) bond motifs is 1. The third-order valence-corrected chi connectivity index (χ3v) is 4.44. The number of aryl methyl sites for hydroxylation is 1. The van der Waals surface area contributed by atoms with Crippen LogP contribution in [0.3, 0.4) is 0 Å². The van der Waals surface area contributed by atoms with Crippen molar-refractivity contribution in [2.45, 2.75) is 58.5 Å². The molecule has 1 atom stereocenters. The Bertz CT molecular complexity index is 600. The molecule has 0 aliphatic carbocycles. The molecule has 0 amide bonds. The summed E-state index contributed by atoms with van der Waals surface area (Å²) in [6, 6.07) is 3.90. The fourth-order valence-corrected chi connectivity index (χ4v) is 3.00. The highest BCUT2D eigenvalue weighted by molar-refractivity contribution is 6.17. The predicted molar refractivity (Wildman–Crippen MR) is 98.5 cm³/mol. The molecule has 0 bridgehead atoms. The Kier molecular flexibility index (Phi) is 6.17. The maximum atomic E-state index is 10.2. The molecular formula is C20H27ClO2. The highest BCUT2D eigenvalue weighted by Crippen LogP contribution is 2.39. The van der Waals surface area contributed by atoms with Crippen LogP contribution >= 0.6 is 11.6 Å². The lowest BCUT2D eigenvalue weighted by molar-refractivity contribution is 0.128. The summed E-state index contributed by atoms with van der Waals surface area (Å²) in [7, 11) is 0. The largest absolute Gasteiger partial charge is 0.507 e. The van der Waals surface area contributed by atoms with E-state index in [0.717, 1.165) is 49.0 Å². The quantitative estimate of drug-likeness (QED) is 0.384. The molecule has 1 aliphatic rings. The molecule has 0 radical (unpaired) electrons. The minimum absolute atomic E-state index is 0.297. The van der Waals surface area contributed by atoms with Crippen LogP contribution in [0.25, 0.3) is 6.08 Å². The van der Waals surface area contributed by atoms with Crippen LogP contribution in [0.5, 0.6) is 11.5 Å². The number of rotatable bonds is 7. The van der Waals surface area contributed by atoms with Gasteiger partial charge in [0.25, 0.3) is 0 Å². The molecule has 0 fully saturated rings. The van der Waals surface area contributed by atoms with Crippen molar-refractivity contribution in [2.75, 3.05) is 5.88 Å². The molecule has 2 rings (SSSR count). The Morgan fingerprint density at radius 1 is 1.30 bits per heavy atom. The lowest BCUT2D eigenvalue weighted by Gasteiger charge is -2.32. The van der Waals surface area contributed by atoms with Gasteiger partial charge < -0.3 is 9.84 Å². The molecule has 1 N–H and O–H groups in total. The average Bonchev–Trinajstić information content (AvgIpc) is 2.46. The molecule has 3 heteroatoms. The Labute approximate surface area is 144 Å². The molecule has 1 aromatic rings. The number of allylic oxidation sites excluding steroid dienone is 2. The number of hydrogen-bond acceptors (Lipinski definition) is 2. The standard InChI is InChI=1S/C20H27ClO2/c1-15(2)7-6-10-20(3)11-9-17-18(22)13-16(8-4-5-12-21)14-19(17)23-20/h7,9,11,13-14,22H,4-6,8,10,12H2,1-3H3. The summed E-state index contributed by atoms with van der Waals surface area (Å²) < 4.78 is 6.23. The lowest BCUT2D eigenvalue weighted by atomic mass is 9.93. The van der Waals surface area contributed by atoms with Gasteiger partial charge in [0.1, 0.15) is 17.1 Å². The van der Waals surface area contributed by atoms with Gasteiger partial charge in [-0.1, -0.05) is 11.6 Å². The molecular weight excluding hydrogens is 308 g/mol. The molecule has 1 heterocycles. The number of phenolic OH excluding ortho intramolecular Hbond substituents is 1. The number of aromatic hydroxyl groups is 1. The molecule has 0 aromatic heterocycles. The fraction of sp³-hybridized carbons (Fsp3) is 0.500. The van der Waals surface area contributed by atoms with Crippen molar-refractivity contribution in [3.63, 3.8) is 0 Å². The van der Waals surface area contributed by atoms with E-state index in [-0.39, 0.29) is 5.60 Å². The zero-order valence-electron chi connectivity index (χ0n) is 14.4. The number of benzene rings is 1. The van der Waals surface area contributed by atoms with E-state index in [9.17, 15) is 5.11 Å². The van der Waals surface area contributed by atoms with Gasteiger partial charge in [0.2, 0.25) is 0 Å². The van der Waals surface area contributed by atoms with Crippen LogP contribution in [0, 0.1) is 0 Å². The van der Waals surface area contributed by atoms with E-state index in [4.69, 9.17) is 16.3 Å². The van der Waals surface area contributed by atoms with Crippen LogP contribution in [0.4, 0.5) is 0 Å². The van der Waals surface area contributed by atoms with Crippen LogP contribution in [0.15, 0.2) is 29.9 Å². The van der Waals surface area contributed by atoms with Gasteiger partial charge in [-0.25, -0.2) is 0 Å². The average molecular weight is 335 g/mol. The van der Waals surface area contributed by atoms with Gasteiger partial charge in [0, 0.05) is 5.88 Å². The van der Waals surface area contributed by atoms with E-state index in [1.54, 1.807) is 0 Å². The van der Waals surface area contributed by atoms with Gasteiger partial charge in [-0.15, -0.1) is 11.6 Å². The summed E-state index contributed by atoms with van der Waals surface area (Å²) in [4.78, 5) is 0. The number of alkyl halides is 1. The summed E-state index contributed by atoms with van der Waals surface area (Å²) in [6.45, 7) is 6.32. The summed E-state index contributed by atoms with van der Waals surface area (Å²) in [5.74, 6) is 1.76. The summed E-state index contributed by atoms with van der Waals surface area (Å²) >= 11 is 5.73. The lowest BCUT2D eigenvalue weighted by Crippen LogP contribution is -2.31. The first-order chi connectivity index (χ1) is 10.9. The SMILES string of the molecule is CC(C)=CCCC1(C)C=Cc2c(O)cc(CCCCCl)cc2O1. The van der Waals surface area contributed by atoms with Gasteiger partial charge >= 0.3 is 0 Å². The second kappa shape index (κ2) is 7.92. The minimum atomic E-state index is -0.319. The van der Waals surface area contributed by atoms with Crippen molar-refractivity contribution in [1.82, 2.24) is 0 Å². The van der Waals surface area contributed by atoms with Crippen molar-refractivity contribution in [3.8, 4) is 11.5 Å². The van der Waals surface area contributed by atoms with E-state index in [0.29, 0.717) is 11.6 Å². The number of halogens is 1. The van der Waals surface area contributed by atoms with Crippen LogP contribution < -0.4 is 4.74 Å².